The van der Waals surface area contributed by atoms with Crippen LogP contribution in [0.3, 0.4) is 0 Å². The Kier molecular flexibility index (Phi) is 7.50. The van der Waals surface area contributed by atoms with Crippen LogP contribution >= 0.6 is 0 Å². The fourth-order valence-corrected chi connectivity index (χ4v) is 3.25. The summed E-state index contributed by atoms with van der Waals surface area (Å²) in [6.45, 7) is 4.01. The Morgan fingerprint density at radius 1 is 1.03 bits per heavy atom. The summed E-state index contributed by atoms with van der Waals surface area (Å²) in [4.78, 5) is 0. The predicted molar refractivity (Wildman–Crippen MR) is 94.4 cm³/mol. The van der Waals surface area contributed by atoms with E-state index in [0.717, 1.165) is 18.6 Å². The van der Waals surface area contributed by atoms with Crippen molar-refractivity contribution in [1.82, 2.24) is 0 Å². The Labute approximate surface area is 166 Å². The maximum atomic E-state index is 13.8. The first-order valence-electron chi connectivity index (χ1n) is 9.48. The zero-order valence-electron chi connectivity index (χ0n) is 16.0. The highest BCUT2D eigenvalue weighted by Crippen LogP contribution is 2.32. The summed E-state index contributed by atoms with van der Waals surface area (Å²) in [5.41, 5.74) is 0.296. The summed E-state index contributed by atoms with van der Waals surface area (Å²) >= 11 is 0. The molecule has 3 rings (SSSR count). The van der Waals surface area contributed by atoms with Crippen molar-refractivity contribution >= 4 is 0 Å². The smallest absolute Gasteiger partial charge is 0.403 e. The summed E-state index contributed by atoms with van der Waals surface area (Å²) in [5.74, 6) is -1.60. The van der Waals surface area contributed by atoms with Gasteiger partial charge < -0.3 is 23.7 Å². The monoisotopic (exact) mass is 420 g/mol. The van der Waals surface area contributed by atoms with Crippen molar-refractivity contribution in [3.63, 3.8) is 0 Å². The van der Waals surface area contributed by atoms with Crippen LogP contribution in [0.4, 0.5) is 17.6 Å². The van der Waals surface area contributed by atoms with Gasteiger partial charge in [0.05, 0.1) is 26.4 Å². The minimum atomic E-state index is -4.95. The quantitative estimate of drug-likeness (QED) is 0.492. The van der Waals surface area contributed by atoms with E-state index in [1.54, 1.807) is 0 Å². The third-order valence-corrected chi connectivity index (χ3v) is 4.69. The largest absolute Gasteiger partial charge is 0.573 e. The maximum absolute atomic E-state index is 13.8. The molecule has 0 radical (unpaired) electrons. The van der Waals surface area contributed by atoms with E-state index < -0.39 is 24.2 Å². The summed E-state index contributed by atoms with van der Waals surface area (Å²) in [7, 11) is 0. The number of rotatable bonds is 6. The SMILES string of the molecule is C/C=C/[C@H]1CO[C@H](CC[C@H]2CO[C@H](c3ccc(OC(F)(F)F)c(F)c3)OC2)OC1. The van der Waals surface area contributed by atoms with Gasteiger partial charge in [0.25, 0.3) is 0 Å². The maximum Gasteiger partial charge on any atom is 0.573 e. The fourth-order valence-electron chi connectivity index (χ4n) is 3.25. The van der Waals surface area contributed by atoms with Crippen LogP contribution in [0.5, 0.6) is 5.75 Å². The third kappa shape index (κ3) is 6.67. The van der Waals surface area contributed by atoms with Crippen LogP contribution in [0.2, 0.25) is 0 Å². The lowest BCUT2D eigenvalue weighted by atomic mass is 10.0. The molecule has 2 aliphatic heterocycles. The van der Waals surface area contributed by atoms with Crippen molar-refractivity contribution < 1.29 is 41.2 Å². The van der Waals surface area contributed by atoms with Gasteiger partial charge in [-0.1, -0.05) is 18.2 Å². The summed E-state index contributed by atoms with van der Waals surface area (Å²) in [6.07, 6.45) is -0.500. The molecular weight excluding hydrogens is 396 g/mol. The second-order valence-electron chi connectivity index (χ2n) is 7.06. The molecule has 162 valence electrons. The van der Waals surface area contributed by atoms with Crippen LogP contribution in [-0.2, 0) is 18.9 Å². The van der Waals surface area contributed by atoms with E-state index in [2.05, 4.69) is 10.8 Å². The molecule has 0 spiro atoms. The molecule has 0 aromatic heterocycles. The summed E-state index contributed by atoms with van der Waals surface area (Å²) in [5, 5.41) is 0. The summed E-state index contributed by atoms with van der Waals surface area (Å²) in [6, 6.07) is 3.13. The first-order chi connectivity index (χ1) is 13.8. The molecule has 0 unspecified atom stereocenters. The van der Waals surface area contributed by atoms with Crippen molar-refractivity contribution in [2.75, 3.05) is 26.4 Å². The Bertz CT molecular complexity index is 678. The molecule has 0 bridgehead atoms. The predicted octanol–water partition coefficient (Wildman–Crippen LogP) is 4.73. The van der Waals surface area contributed by atoms with Crippen molar-refractivity contribution in [2.45, 2.75) is 38.7 Å². The van der Waals surface area contributed by atoms with Gasteiger partial charge in [0.15, 0.2) is 24.1 Å². The number of hydrogen-bond donors (Lipinski definition) is 0. The Morgan fingerprint density at radius 2 is 1.72 bits per heavy atom. The highest BCUT2D eigenvalue weighted by Gasteiger charge is 2.33. The highest BCUT2D eigenvalue weighted by atomic mass is 19.4. The van der Waals surface area contributed by atoms with Crippen molar-refractivity contribution in [3.8, 4) is 5.75 Å². The lowest BCUT2D eigenvalue weighted by molar-refractivity contribution is -0.275. The van der Waals surface area contributed by atoms with E-state index in [0.29, 0.717) is 38.4 Å². The van der Waals surface area contributed by atoms with E-state index in [1.165, 1.54) is 6.07 Å². The van der Waals surface area contributed by atoms with Crippen molar-refractivity contribution in [1.29, 1.82) is 0 Å². The molecule has 0 N–H and O–H groups in total. The van der Waals surface area contributed by atoms with Gasteiger partial charge in [0, 0.05) is 17.4 Å². The van der Waals surface area contributed by atoms with Crippen LogP contribution < -0.4 is 4.74 Å². The molecule has 0 saturated carbocycles. The topological polar surface area (TPSA) is 46.2 Å². The first-order valence-corrected chi connectivity index (χ1v) is 9.48. The van der Waals surface area contributed by atoms with Crippen LogP contribution in [0.25, 0.3) is 0 Å². The minimum Gasteiger partial charge on any atom is -0.403 e. The fraction of sp³-hybridized carbons (Fsp3) is 0.600. The number of benzene rings is 1. The van der Waals surface area contributed by atoms with Gasteiger partial charge >= 0.3 is 6.36 Å². The second kappa shape index (κ2) is 9.88. The van der Waals surface area contributed by atoms with Crippen LogP contribution in [0, 0.1) is 17.7 Å². The van der Waals surface area contributed by atoms with Crippen LogP contribution in [-0.4, -0.2) is 39.1 Å². The van der Waals surface area contributed by atoms with Gasteiger partial charge in [-0.05, 0) is 31.9 Å². The van der Waals surface area contributed by atoms with Gasteiger partial charge in [0.2, 0.25) is 0 Å². The third-order valence-electron chi connectivity index (χ3n) is 4.69. The molecule has 2 aliphatic rings. The van der Waals surface area contributed by atoms with E-state index in [4.69, 9.17) is 18.9 Å². The number of ether oxygens (including phenoxy) is 5. The zero-order chi connectivity index (χ0) is 20.9. The second-order valence-corrected chi connectivity index (χ2v) is 7.06. The van der Waals surface area contributed by atoms with E-state index in [1.807, 2.05) is 13.0 Å². The lowest BCUT2D eigenvalue weighted by Gasteiger charge is -2.32. The zero-order valence-corrected chi connectivity index (χ0v) is 16.0. The molecular formula is C20H24F4O5. The van der Waals surface area contributed by atoms with E-state index >= 15 is 0 Å². The standard InChI is InChI=1S/C20H24F4O5/c1-2-3-13-9-25-18(26-10-13)7-4-14-11-27-19(28-12-14)15-5-6-17(16(21)8-15)29-20(22,23)24/h2-3,5-6,8,13-14,18-19H,4,7,9-12H2,1H3/b3-2+/t13-,14-,18-,19-. The molecule has 2 saturated heterocycles. The molecule has 1 aromatic rings. The molecule has 29 heavy (non-hydrogen) atoms. The Hall–Kier alpha value is -1.68. The Morgan fingerprint density at radius 3 is 2.31 bits per heavy atom. The van der Waals surface area contributed by atoms with E-state index in [9.17, 15) is 17.6 Å². The number of allylic oxidation sites excluding steroid dienone is 1. The van der Waals surface area contributed by atoms with Crippen molar-refractivity contribution in [2.24, 2.45) is 11.8 Å². The average Bonchev–Trinajstić information content (AvgIpc) is 2.69. The molecule has 0 amide bonds. The summed E-state index contributed by atoms with van der Waals surface area (Å²) < 4.78 is 76.8. The van der Waals surface area contributed by atoms with Crippen molar-refractivity contribution in [3.05, 3.63) is 41.7 Å². The van der Waals surface area contributed by atoms with Gasteiger partial charge in [-0.3, -0.25) is 0 Å². The first kappa shape index (κ1) is 22.0. The molecule has 0 atom stereocenters. The average molecular weight is 420 g/mol. The minimum absolute atomic E-state index is 0.129. The Balaban J connectivity index is 1.42. The highest BCUT2D eigenvalue weighted by molar-refractivity contribution is 5.30. The van der Waals surface area contributed by atoms with Gasteiger partial charge in [0.1, 0.15) is 0 Å². The van der Waals surface area contributed by atoms with Crippen LogP contribution in [0.1, 0.15) is 31.6 Å². The van der Waals surface area contributed by atoms with E-state index in [-0.39, 0.29) is 18.1 Å². The lowest BCUT2D eigenvalue weighted by Crippen LogP contribution is -2.33. The van der Waals surface area contributed by atoms with Gasteiger partial charge in [-0.15, -0.1) is 13.2 Å². The normalized spacial score (nSPS) is 28.6. The van der Waals surface area contributed by atoms with Crippen LogP contribution in [0.15, 0.2) is 30.4 Å². The molecule has 0 aliphatic carbocycles. The molecule has 2 heterocycles. The number of halogens is 4. The molecule has 2 fully saturated rings. The molecule has 9 heteroatoms. The van der Waals surface area contributed by atoms with Gasteiger partial charge in [-0.25, -0.2) is 4.39 Å². The van der Waals surface area contributed by atoms with Gasteiger partial charge in [-0.2, -0.15) is 0 Å². The molecule has 1 aromatic carbocycles. The number of hydrogen-bond acceptors (Lipinski definition) is 5. The molecule has 5 nitrogen and oxygen atoms in total. The number of alkyl halides is 3.